The summed E-state index contributed by atoms with van der Waals surface area (Å²) in [7, 11) is 1.83. The van der Waals surface area contributed by atoms with Crippen molar-refractivity contribution in [2.75, 3.05) is 11.1 Å². The van der Waals surface area contributed by atoms with Crippen LogP contribution in [0.4, 0.5) is 5.69 Å². The highest BCUT2D eigenvalue weighted by Gasteiger charge is 2.25. The minimum atomic E-state index is -0.327. The van der Waals surface area contributed by atoms with E-state index >= 15 is 0 Å². The van der Waals surface area contributed by atoms with E-state index in [4.69, 9.17) is 11.6 Å². The third-order valence-electron chi connectivity index (χ3n) is 4.86. The maximum Gasteiger partial charge on any atom is 0.251 e. The quantitative estimate of drug-likeness (QED) is 0.467. The van der Waals surface area contributed by atoms with E-state index < -0.39 is 0 Å². The molecule has 3 aromatic rings. The molecule has 3 rings (SSSR count). The maximum absolute atomic E-state index is 12.8. The molecule has 2 N–H and O–H groups in total. The number of thioether (sulfide) groups is 1. The third-order valence-corrected chi connectivity index (χ3v) is 6.21. The van der Waals surface area contributed by atoms with Crippen molar-refractivity contribution in [2.24, 2.45) is 13.0 Å². The van der Waals surface area contributed by atoms with Crippen molar-refractivity contribution in [3.63, 3.8) is 0 Å². The van der Waals surface area contributed by atoms with Gasteiger partial charge in [0.05, 0.1) is 22.5 Å². The average molecular weight is 472 g/mol. The van der Waals surface area contributed by atoms with Crippen molar-refractivity contribution in [1.82, 2.24) is 20.1 Å². The Balaban J connectivity index is 1.67. The lowest BCUT2D eigenvalue weighted by Crippen LogP contribution is -2.33. The Morgan fingerprint density at radius 3 is 2.56 bits per heavy atom. The van der Waals surface area contributed by atoms with Crippen LogP contribution in [-0.4, -0.2) is 32.3 Å². The Hall–Kier alpha value is -2.84. The summed E-state index contributed by atoms with van der Waals surface area (Å²) in [4.78, 5) is 25.1. The van der Waals surface area contributed by atoms with Crippen LogP contribution >= 0.6 is 23.4 Å². The number of aromatic nitrogens is 3. The first kappa shape index (κ1) is 23.8. The minimum absolute atomic E-state index is 0.0908. The molecule has 2 amide bonds. The van der Waals surface area contributed by atoms with Crippen LogP contribution in [-0.2, 0) is 11.8 Å². The second-order valence-corrected chi connectivity index (χ2v) is 9.13. The first-order chi connectivity index (χ1) is 15.3. The molecule has 0 saturated heterocycles. The number of hydrogen-bond donors (Lipinski definition) is 2. The average Bonchev–Trinajstić information content (AvgIpc) is 3.11. The fraction of sp³-hybridized carbons (Fsp3) is 0.304. The number of carbonyl (C=O) groups is 2. The van der Waals surface area contributed by atoms with Crippen molar-refractivity contribution in [3.05, 3.63) is 70.5 Å². The highest BCUT2D eigenvalue weighted by atomic mass is 35.5. The molecular formula is C23H26ClN5O2S. The molecule has 168 valence electrons. The highest BCUT2D eigenvalue weighted by Crippen LogP contribution is 2.25. The van der Waals surface area contributed by atoms with Gasteiger partial charge in [0.25, 0.3) is 5.91 Å². The predicted octanol–water partition coefficient (Wildman–Crippen LogP) is 4.63. The second-order valence-electron chi connectivity index (χ2n) is 7.78. The number of nitrogens with one attached hydrogen (secondary N) is 2. The number of para-hydroxylation sites is 1. The number of nitrogens with zero attached hydrogens (tertiary/aromatic N) is 3. The number of halogens is 1. The van der Waals surface area contributed by atoms with Crippen LogP contribution in [0.3, 0.4) is 0 Å². The van der Waals surface area contributed by atoms with Gasteiger partial charge in [-0.1, -0.05) is 67.0 Å². The van der Waals surface area contributed by atoms with E-state index in [0.29, 0.717) is 27.3 Å². The fourth-order valence-electron chi connectivity index (χ4n) is 3.14. The zero-order chi connectivity index (χ0) is 23.3. The van der Waals surface area contributed by atoms with Crippen molar-refractivity contribution in [1.29, 1.82) is 0 Å². The van der Waals surface area contributed by atoms with Crippen LogP contribution in [0, 0.1) is 12.8 Å². The largest absolute Gasteiger partial charge is 0.342 e. The number of carbonyl (C=O) groups excluding carboxylic acids is 2. The Kier molecular flexibility index (Phi) is 7.93. The predicted molar refractivity (Wildman–Crippen MR) is 128 cm³/mol. The molecule has 7 nitrogen and oxygen atoms in total. The summed E-state index contributed by atoms with van der Waals surface area (Å²) in [6.07, 6.45) is 0. The number of rotatable bonds is 8. The van der Waals surface area contributed by atoms with Crippen molar-refractivity contribution >= 4 is 40.9 Å². The number of hydrogen-bond acceptors (Lipinski definition) is 5. The van der Waals surface area contributed by atoms with Crippen LogP contribution in [0.2, 0.25) is 5.02 Å². The zero-order valence-corrected chi connectivity index (χ0v) is 20.0. The standard InChI is InChI=1S/C23H26ClN5O2S/c1-14(2)20(26-22(31)16-9-7-8-15(3)12-16)21-27-28-23(29(21)4)32-13-19(30)25-18-11-6-5-10-17(18)24/h5-12,14,20H,13H2,1-4H3,(H,25,30)(H,26,31)/t20-/m0/s1. The number of anilines is 1. The van der Waals surface area contributed by atoms with Gasteiger partial charge >= 0.3 is 0 Å². The molecule has 0 fully saturated rings. The molecular weight excluding hydrogens is 446 g/mol. The molecule has 0 aliphatic heterocycles. The van der Waals surface area contributed by atoms with E-state index in [1.165, 1.54) is 11.8 Å². The summed E-state index contributed by atoms with van der Waals surface area (Å²) < 4.78 is 1.81. The van der Waals surface area contributed by atoms with E-state index in [-0.39, 0.29) is 29.5 Å². The van der Waals surface area contributed by atoms with E-state index in [2.05, 4.69) is 20.8 Å². The van der Waals surface area contributed by atoms with Gasteiger partial charge in [0.1, 0.15) is 0 Å². The van der Waals surface area contributed by atoms with Crippen molar-refractivity contribution in [3.8, 4) is 0 Å². The summed E-state index contributed by atoms with van der Waals surface area (Å²) >= 11 is 7.36. The summed E-state index contributed by atoms with van der Waals surface area (Å²) in [5.41, 5.74) is 2.19. The highest BCUT2D eigenvalue weighted by molar-refractivity contribution is 7.99. The van der Waals surface area contributed by atoms with Gasteiger partial charge in [0, 0.05) is 12.6 Å². The van der Waals surface area contributed by atoms with Crippen molar-refractivity contribution in [2.45, 2.75) is 32.0 Å². The summed E-state index contributed by atoms with van der Waals surface area (Å²) in [6.45, 7) is 5.98. The fourth-order valence-corrected chi connectivity index (χ4v) is 4.04. The van der Waals surface area contributed by atoms with Crippen molar-refractivity contribution < 1.29 is 9.59 Å². The van der Waals surface area contributed by atoms with Gasteiger partial charge in [-0.15, -0.1) is 10.2 Å². The lowest BCUT2D eigenvalue weighted by molar-refractivity contribution is -0.113. The molecule has 0 unspecified atom stereocenters. The smallest absolute Gasteiger partial charge is 0.251 e. The molecule has 2 aromatic carbocycles. The zero-order valence-electron chi connectivity index (χ0n) is 18.4. The molecule has 0 aliphatic rings. The van der Waals surface area contributed by atoms with Gasteiger partial charge in [-0.25, -0.2) is 0 Å². The van der Waals surface area contributed by atoms with Gasteiger partial charge in [-0.05, 0) is 37.1 Å². The first-order valence-corrected chi connectivity index (χ1v) is 11.6. The molecule has 0 aliphatic carbocycles. The first-order valence-electron chi connectivity index (χ1n) is 10.2. The maximum atomic E-state index is 12.8. The van der Waals surface area contributed by atoms with Crippen LogP contribution in [0.5, 0.6) is 0 Å². The normalized spacial score (nSPS) is 11.9. The number of benzene rings is 2. The molecule has 9 heteroatoms. The topological polar surface area (TPSA) is 88.9 Å². The van der Waals surface area contributed by atoms with Gasteiger partial charge in [0.2, 0.25) is 5.91 Å². The lowest BCUT2D eigenvalue weighted by atomic mass is 10.0. The molecule has 0 radical (unpaired) electrons. The van der Waals surface area contributed by atoms with Gasteiger partial charge in [-0.3, -0.25) is 9.59 Å². The summed E-state index contributed by atoms with van der Waals surface area (Å²) in [5, 5.41) is 15.5. The van der Waals surface area contributed by atoms with E-state index in [1.807, 2.05) is 50.6 Å². The van der Waals surface area contributed by atoms with E-state index in [1.54, 1.807) is 30.3 Å². The SMILES string of the molecule is Cc1cccc(C(=O)N[C@H](c2nnc(SCC(=O)Nc3ccccc3Cl)n2C)C(C)C)c1. The van der Waals surface area contributed by atoms with E-state index in [9.17, 15) is 9.59 Å². The lowest BCUT2D eigenvalue weighted by Gasteiger charge is -2.21. The second kappa shape index (κ2) is 10.7. The number of aryl methyl sites for hydroxylation is 1. The Morgan fingerprint density at radius 1 is 1.12 bits per heavy atom. The number of amides is 2. The Bertz CT molecular complexity index is 1120. The molecule has 32 heavy (non-hydrogen) atoms. The van der Waals surface area contributed by atoms with Gasteiger partial charge in [0.15, 0.2) is 11.0 Å². The van der Waals surface area contributed by atoms with Crippen LogP contribution < -0.4 is 10.6 Å². The van der Waals surface area contributed by atoms with Crippen LogP contribution in [0.1, 0.15) is 41.6 Å². The van der Waals surface area contributed by atoms with Gasteiger partial charge < -0.3 is 15.2 Å². The minimum Gasteiger partial charge on any atom is -0.342 e. The Labute approximate surface area is 197 Å². The van der Waals surface area contributed by atoms with Crippen LogP contribution in [0.15, 0.2) is 53.7 Å². The monoisotopic (exact) mass is 471 g/mol. The third kappa shape index (κ3) is 5.89. The van der Waals surface area contributed by atoms with Crippen LogP contribution in [0.25, 0.3) is 0 Å². The molecule has 1 atom stereocenters. The molecule has 1 heterocycles. The summed E-state index contributed by atoms with van der Waals surface area (Å²) in [5.74, 6) is 0.520. The molecule has 0 spiro atoms. The van der Waals surface area contributed by atoms with E-state index in [0.717, 1.165) is 5.56 Å². The molecule has 1 aromatic heterocycles. The Morgan fingerprint density at radius 2 is 1.88 bits per heavy atom. The van der Waals surface area contributed by atoms with Gasteiger partial charge in [-0.2, -0.15) is 0 Å². The molecule has 0 bridgehead atoms. The summed E-state index contributed by atoms with van der Waals surface area (Å²) in [6, 6.07) is 14.2. The molecule has 0 saturated carbocycles.